The number of nitrogens with one attached hydrogen (secondary N) is 1. The number of hydrogen-bond acceptors (Lipinski definition) is 5. The highest BCUT2D eigenvalue weighted by molar-refractivity contribution is 7.98. The largest absolute Gasteiger partial charge is 0.481 e. The molecule has 0 saturated carbocycles. The first-order chi connectivity index (χ1) is 14.6. The summed E-state index contributed by atoms with van der Waals surface area (Å²) in [6.45, 7) is 2.37. The Morgan fingerprint density at radius 1 is 1.19 bits per heavy atom. The monoisotopic (exact) mass is 504 g/mol. The van der Waals surface area contributed by atoms with E-state index in [0.717, 1.165) is 23.3 Å². The van der Waals surface area contributed by atoms with Gasteiger partial charge in [-0.1, -0.05) is 36.2 Å². The van der Waals surface area contributed by atoms with Crippen LogP contribution >= 0.6 is 35.0 Å². The van der Waals surface area contributed by atoms with Gasteiger partial charge in [-0.2, -0.15) is 11.8 Å². The normalized spacial score (nSPS) is 12.3. The maximum Gasteiger partial charge on any atom is 0.261 e. The molecular formula is C21H26Cl2N2O4S2. The Kier molecular flexibility index (Phi) is 9.81. The van der Waals surface area contributed by atoms with Gasteiger partial charge in [0.25, 0.3) is 5.91 Å². The van der Waals surface area contributed by atoms with Gasteiger partial charge in [-0.05, 0) is 48.4 Å². The molecule has 10 heteroatoms. The van der Waals surface area contributed by atoms with Gasteiger partial charge in [-0.15, -0.1) is 0 Å². The van der Waals surface area contributed by atoms with Crippen LogP contribution in [0.3, 0.4) is 0 Å². The van der Waals surface area contributed by atoms with Crippen molar-refractivity contribution in [2.24, 2.45) is 0 Å². The Balaban J connectivity index is 1.79. The molecule has 0 aliphatic carbocycles. The van der Waals surface area contributed by atoms with E-state index in [1.165, 1.54) is 11.4 Å². The zero-order valence-corrected chi connectivity index (χ0v) is 20.7. The lowest BCUT2D eigenvalue weighted by Gasteiger charge is -2.19. The second kappa shape index (κ2) is 11.9. The van der Waals surface area contributed by atoms with Crippen LogP contribution in [0.5, 0.6) is 5.75 Å². The summed E-state index contributed by atoms with van der Waals surface area (Å²) in [6, 6.07) is 12.0. The van der Waals surface area contributed by atoms with Gasteiger partial charge in [-0.25, -0.2) is 8.42 Å². The summed E-state index contributed by atoms with van der Waals surface area (Å²) in [6.07, 6.45) is 1.01. The number of amides is 1. The fourth-order valence-corrected chi connectivity index (χ4v) is 4.52. The second-order valence-corrected chi connectivity index (χ2v) is 10.8. The summed E-state index contributed by atoms with van der Waals surface area (Å²) in [4.78, 5) is 12.4. The first-order valence-electron chi connectivity index (χ1n) is 9.61. The minimum absolute atomic E-state index is 0.190. The number of benzene rings is 2. The van der Waals surface area contributed by atoms with Crippen molar-refractivity contribution in [3.05, 3.63) is 58.1 Å². The zero-order valence-electron chi connectivity index (χ0n) is 17.6. The van der Waals surface area contributed by atoms with Gasteiger partial charge in [0.2, 0.25) is 10.0 Å². The second-order valence-electron chi connectivity index (χ2n) is 6.82. The molecule has 2 aromatic rings. The van der Waals surface area contributed by atoms with E-state index in [9.17, 15) is 13.2 Å². The molecule has 2 aromatic carbocycles. The van der Waals surface area contributed by atoms with Crippen LogP contribution in [0.4, 0.5) is 5.69 Å². The van der Waals surface area contributed by atoms with E-state index in [1.807, 2.05) is 13.0 Å². The summed E-state index contributed by atoms with van der Waals surface area (Å²) in [7, 11) is -1.86. The number of sulfonamides is 1. The lowest BCUT2D eigenvalue weighted by atomic mass is 10.2. The fraction of sp³-hybridized carbons (Fsp3) is 0.381. The molecule has 1 amide bonds. The van der Waals surface area contributed by atoms with Crippen molar-refractivity contribution in [2.75, 3.05) is 29.9 Å². The zero-order chi connectivity index (χ0) is 23.0. The summed E-state index contributed by atoms with van der Waals surface area (Å²) < 4.78 is 30.2. The van der Waals surface area contributed by atoms with Crippen LogP contribution in [0.25, 0.3) is 0 Å². The third kappa shape index (κ3) is 8.11. The molecule has 2 rings (SSSR count). The number of anilines is 1. The molecule has 1 atom stereocenters. The SMILES string of the molecule is CCC(Oc1ccc(N(C)S(C)(=O)=O)cc1)C(=O)NCCSCc1ccc(Cl)cc1Cl. The number of carbonyl (C=O) groups excluding carboxylic acids is 1. The molecule has 1 N–H and O–H groups in total. The standard InChI is InChI=1S/C21H26Cl2N2O4S2/c1-4-20(29-18-9-7-17(8-10-18)25(2)31(3,27)28)21(26)24-11-12-30-14-15-5-6-16(22)13-19(15)23/h5-10,13,20H,4,11-12,14H2,1-3H3,(H,24,26). The van der Waals surface area contributed by atoms with Crippen molar-refractivity contribution >= 4 is 56.6 Å². The van der Waals surface area contributed by atoms with Crippen LogP contribution in [-0.2, 0) is 20.6 Å². The van der Waals surface area contributed by atoms with Crippen LogP contribution in [0.2, 0.25) is 10.0 Å². The van der Waals surface area contributed by atoms with E-state index in [1.54, 1.807) is 48.2 Å². The molecule has 0 heterocycles. The van der Waals surface area contributed by atoms with E-state index >= 15 is 0 Å². The summed E-state index contributed by atoms with van der Waals surface area (Å²) >= 11 is 13.7. The van der Waals surface area contributed by atoms with Gasteiger partial charge >= 0.3 is 0 Å². The quantitative estimate of drug-likeness (QED) is 0.452. The Hall–Kier alpha value is -1.61. The number of hydrogen-bond donors (Lipinski definition) is 1. The van der Waals surface area contributed by atoms with Gasteiger partial charge in [0.15, 0.2) is 6.10 Å². The molecule has 0 aliphatic rings. The molecule has 6 nitrogen and oxygen atoms in total. The van der Waals surface area contributed by atoms with Crippen LogP contribution in [0, 0.1) is 0 Å². The van der Waals surface area contributed by atoms with E-state index in [4.69, 9.17) is 27.9 Å². The van der Waals surface area contributed by atoms with Crippen LogP contribution in [0.1, 0.15) is 18.9 Å². The smallest absolute Gasteiger partial charge is 0.261 e. The highest BCUT2D eigenvalue weighted by atomic mass is 35.5. The molecule has 170 valence electrons. The molecule has 0 spiro atoms. The number of carbonyl (C=O) groups is 1. The predicted molar refractivity (Wildman–Crippen MR) is 130 cm³/mol. The summed E-state index contributed by atoms with van der Waals surface area (Å²) in [5.74, 6) is 1.77. The third-order valence-corrected chi connectivity index (χ3v) is 7.26. The molecule has 0 radical (unpaired) electrons. The average molecular weight is 505 g/mol. The Morgan fingerprint density at radius 2 is 1.87 bits per heavy atom. The maximum atomic E-state index is 12.4. The molecule has 0 fully saturated rings. The van der Waals surface area contributed by atoms with Crippen LogP contribution < -0.4 is 14.4 Å². The van der Waals surface area contributed by atoms with Crippen molar-refractivity contribution in [3.63, 3.8) is 0 Å². The number of ether oxygens (including phenoxy) is 1. The minimum atomic E-state index is -3.33. The topological polar surface area (TPSA) is 75.7 Å². The van der Waals surface area contributed by atoms with Crippen LogP contribution in [-0.4, -0.2) is 46.0 Å². The average Bonchev–Trinajstić information content (AvgIpc) is 2.72. The Bertz CT molecular complexity index is 985. The van der Waals surface area contributed by atoms with Crippen molar-refractivity contribution in [1.29, 1.82) is 0 Å². The number of rotatable bonds is 11. The van der Waals surface area contributed by atoms with Gasteiger partial charge in [0, 0.05) is 35.1 Å². The van der Waals surface area contributed by atoms with Crippen molar-refractivity contribution in [1.82, 2.24) is 5.32 Å². The lowest BCUT2D eigenvalue weighted by Crippen LogP contribution is -2.39. The van der Waals surface area contributed by atoms with Crippen LogP contribution in [0.15, 0.2) is 42.5 Å². The third-order valence-electron chi connectivity index (χ3n) is 4.46. The highest BCUT2D eigenvalue weighted by Crippen LogP contribution is 2.24. The van der Waals surface area contributed by atoms with Crippen molar-refractivity contribution in [2.45, 2.75) is 25.2 Å². The first kappa shape index (κ1) is 25.6. The molecule has 31 heavy (non-hydrogen) atoms. The molecule has 1 unspecified atom stereocenters. The first-order valence-corrected chi connectivity index (χ1v) is 13.4. The summed E-state index contributed by atoms with van der Waals surface area (Å²) in [5.41, 5.74) is 1.52. The van der Waals surface area contributed by atoms with E-state index < -0.39 is 16.1 Å². The lowest BCUT2D eigenvalue weighted by molar-refractivity contribution is -0.127. The molecular weight excluding hydrogens is 479 g/mol. The van der Waals surface area contributed by atoms with E-state index in [2.05, 4.69) is 5.32 Å². The molecule has 0 aromatic heterocycles. The molecule has 0 saturated heterocycles. The highest BCUT2D eigenvalue weighted by Gasteiger charge is 2.18. The fourth-order valence-electron chi connectivity index (χ4n) is 2.59. The van der Waals surface area contributed by atoms with Crippen molar-refractivity contribution in [3.8, 4) is 5.75 Å². The van der Waals surface area contributed by atoms with E-state index in [-0.39, 0.29) is 5.91 Å². The molecule has 0 bridgehead atoms. The Labute approximate surface area is 198 Å². The van der Waals surface area contributed by atoms with Gasteiger partial charge in [0.05, 0.1) is 11.9 Å². The maximum absolute atomic E-state index is 12.4. The van der Waals surface area contributed by atoms with Gasteiger partial charge < -0.3 is 10.1 Å². The van der Waals surface area contributed by atoms with Gasteiger partial charge in [0.1, 0.15) is 5.75 Å². The predicted octanol–water partition coefficient (Wildman–Crippen LogP) is 4.60. The molecule has 0 aliphatic heterocycles. The number of nitrogens with zero attached hydrogens (tertiary/aromatic N) is 1. The number of halogens is 2. The van der Waals surface area contributed by atoms with E-state index in [0.29, 0.717) is 34.4 Å². The number of thioether (sulfide) groups is 1. The summed E-state index contributed by atoms with van der Waals surface area (Å²) in [5, 5.41) is 4.13. The van der Waals surface area contributed by atoms with Crippen molar-refractivity contribution < 1.29 is 17.9 Å². The minimum Gasteiger partial charge on any atom is -0.481 e. The Morgan fingerprint density at radius 3 is 2.45 bits per heavy atom. The van der Waals surface area contributed by atoms with Gasteiger partial charge in [-0.3, -0.25) is 9.10 Å².